The second kappa shape index (κ2) is 6.39. The Hall–Kier alpha value is -2.69. The fourth-order valence-electron chi connectivity index (χ4n) is 2.20. The van der Waals surface area contributed by atoms with Crippen LogP contribution in [0.4, 0.5) is 0 Å². The van der Waals surface area contributed by atoms with Gasteiger partial charge in [-0.1, -0.05) is 30.3 Å². The molecule has 0 N–H and O–H groups in total. The van der Waals surface area contributed by atoms with Crippen LogP contribution in [0.1, 0.15) is 5.56 Å². The molecular weight excluding hydrogens is 284 g/mol. The largest absolute Gasteiger partial charge is 0.496 e. The van der Waals surface area contributed by atoms with E-state index in [0.717, 1.165) is 5.56 Å². The van der Waals surface area contributed by atoms with Gasteiger partial charge >= 0.3 is 5.97 Å². The van der Waals surface area contributed by atoms with Gasteiger partial charge in [-0.2, -0.15) is 0 Å². The van der Waals surface area contributed by atoms with E-state index in [1.807, 2.05) is 36.4 Å². The first-order valence-corrected chi connectivity index (χ1v) is 6.95. The maximum Gasteiger partial charge on any atom is 0.351 e. The first-order chi connectivity index (χ1) is 10.8. The molecule has 0 unspecified atom stereocenters. The third-order valence-electron chi connectivity index (χ3n) is 3.33. The summed E-state index contributed by atoms with van der Waals surface area (Å²) in [5.41, 5.74) is 0.801. The van der Waals surface area contributed by atoms with Gasteiger partial charge in [0, 0.05) is 5.56 Å². The normalized spacial score (nSPS) is 16.0. The highest BCUT2D eigenvalue weighted by Gasteiger charge is 2.28. The first kappa shape index (κ1) is 14.3. The van der Waals surface area contributed by atoms with Gasteiger partial charge in [0.1, 0.15) is 19.0 Å². The van der Waals surface area contributed by atoms with E-state index in [9.17, 15) is 4.79 Å². The van der Waals surface area contributed by atoms with Gasteiger partial charge in [-0.25, -0.2) is 4.79 Å². The summed E-state index contributed by atoms with van der Waals surface area (Å²) in [5, 5.41) is 0. The van der Waals surface area contributed by atoms with Gasteiger partial charge in [0.15, 0.2) is 11.5 Å². The molecule has 0 amide bonds. The maximum absolute atomic E-state index is 12.1. The lowest BCUT2D eigenvalue weighted by atomic mass is 10.2. The highest BCUT2D eigenvalue weighted by molar-refractivity contribution is 5.76. The van der Waals surface area contributed by atoms with Crippen molar-refractivity contribution in [1.82, 2.24) is 0 Å². The van der Waals surface area contributed by atoms with Crippen LogP contribution in [-0.4, -0.2) is 25.8 Å². The van der Waals surface area contributed by atoms with E-state index in [1.54, 1.807) is 19.2 Å². The van der Waals surface area contributed by atoms with Crippen LogP contribution in [0.25, 0.3) is 0 Å². The molecule has 5 nitrogen and oxygen atoms in total. The number of para-hydroxylation sites is 3. The number of rotatable bonds is 4. The van der Waals surface area contributed by atoms with Crippen LogP contribution in [0.15, 0.2) is 48.5 Å². The summed E-state index contributed by atoms with van der Waals surface area (Å²) in [5.74, 6) is 1.41. The summed E-state index contributed by atoms with van der Waals surface area (Å²) in [6, 6.07) is 14.6. The minimum atomic E-state index is -0.760. The molecule has 0 saturated carbocycles. The number of carbonyl (C=O) groups excluding carboxylic acids is 1. The van der Waals surface area contributed by atoms with E-state index in [4.69, 9.17) is 18.9 Å². The highest BCUT2D eigenvalue weighted by Crippen LogP contribution is 2.31. The zero-order chi connectivity index (χ0) is 15.4. The monoisotopic (exact) mass is 300 g/mol. The minimum absolute atomic E-state index is 0.129. The van der Waals surface area contributed by atoms with Crippen molar-refractivity contribution in [3.63, 3.8) is 0 Å². The molecule has 2 aromatic carbocycles. The Kier molecular flexibility index (Phi) is 4.14. The summed E-state index contributed by atoms with van der Waals surface area (Å²) >= 11 is 0. The lowest BCUT2D eigenvalue weighted by molar-refractivity contribution is -0.155. The van der Waals surface area contributed by atoms with Crippen molar-refractivity contribution in [2.24, 2.45) is 0 Å². The van der Waals surface area contributed by atoms with Crippen LogP contribution >= 0.6 is 0 Å². The molecule has 1 aliphatic heterocycles. The van der Waals surface area contributed by atoms with Crippen molar-refractivity contribution in [2.75, 3.05) is 13.7 Å². The Morgan fingerprint density at radius 3 is 2.68 bits per heavy atom. The Morgan fingerprint density at radius 2 is 1.86 bits per heavy atom. The summed E-state index contributed by atoms with van der Waals surface area (Å²) in [6.07, 6.45) is -0.760. The van der Waals surface area contributed by atoms with Gasteiger partial charge in [0.2, 0.25) is 6.10 Å². The number of benzene rings is 2. The predicted octanol–water partition coefficient (Wildman–Crippen LogP) is 2.58. The average molecular weight is 300 g/mol. The van der Waals surface area contributed by atoms with Crippen molar-refractivity contribution >= 4 is 5.97 Å². The molecule has 0 aromatic heterocycles. The van der Waals surface area contributed by atoms with Gasteiger partial charge in [0.25, 0.3) is 0 Å². The topological polar surface area (TPSA) is 54.0 Å². The van der Waals surface area contributed by atoms with Gasteiger partial charge in [-0.05, 0) is 18.2 Å². The zero-order valence-electron chi connectivity index (χ0n) is 12.2. The van der Waals surface area contributed by atoms with Crippen LogP contribution in [-0.2, 0) is 16.1 Å². The third-order valence-corrected chi connectivity index (χ3v) is 3.33. The van der Waals surface area contributed by atoms with Gasteiger partial charge in [0.05, 0.1) is 7.11 Å². The first-order valence-electron chi connectivity index (χ1n) is 6.95. The Balaban J connectivity index is 1.61. The fraction of sp³-hybridized carbons (Fsp3) is 0.235. The SMILES string of the molecule is COc1ccccc1COC(=O)[C@@H]1COc2ccccc2O1. The number of hydrogen-bond acceptors (Lipinski definition) is 5. The smallest absolute Gasteiger partial charge is 0.351 e. The van der Waals surface area contributed by atoms with Crippen molar-refractivity contribution in [3.8, 4) is 17.2 Å². The molecule has 3 rings (SSSR count). The highest BCUT2D eigenvalue weighted by atomic mass is 16.6. The molecule has 114 valence electrons. The minimum Gasteiger partial charge on any atom is -0.496 e. The fourth-order valence-corrected chi connectivity index (χ4v) is 2.20. The van der Waals surface area contributed by atoms with Crippen LogP contribution in [0, 0.1) is 0 Å². The molecule has 0 fully saturated rings. The van der Waals surface area contributed by atoms with E-state index >= 15 is 0 Å². The molecule has 1 atom stereocenters. The molecule has 0 radical (unpaired) electrons. The van der Waals surface area contributed by atoms with Crippen LogP contribution in [0.5, 0.6) is 17.2 Å². The Bertz CT molecular complexity index is 668. The number of ether oxygens (including phenoxy) is 4. The van der Waals surface area contributed by atoms with E-state index < -0.39 is 12.1 Å². The Labute approximate surface area is 128 Å². The van der Waals surface area contributed by atoms with E-state index in [2.05, 4.69) is 0 Å². The predicted molar refractivity (Wildman–Crippen MR) is 79.1 cm³/mol. The molecule has 0 aliphatic carbocycles. The number of hydrogen-bond donors (Lipinski definition) is 0. The summed E-state index contributed by atoms with van der Waals surface area (Å²) < 4.78 is 21.6. The number of fused-ring (bicyclic) bond motifs is 1. The zero-order valence-corrected chi connectivity index (χ0v) is 12.2. The van der Waals surface area contributed by atoms with E-state index in [0.29, 0.717) is 17.2 Å². The molecule has 1 aliphatic rings. The van der Waals surface area contributed by atoms with Crippen LogP contribution in [0.3, 0.4) is 0 Å². The number of methoxy groups -OCH3 is 1. The molecular formula is C17H16O5. The van der Waals surface area contributed by atoms with Gasteiger partial charge in [-0.15, -0.1) is 0 Å². The van der Waals surface area contributed by atoms with E-state index in [1.165, 1.54) is 0 Å². The molecule has 0 bridgehead atoms. The van der Waals surface area contributed by atoms with Crippen molar-refractivity contribution < 1.29 is 23.7 Å². The quantitative estimate of drug-likeness (QED) is 0.812. The van der Waals surface area contributed by atoms with Crippen molar-refractivity contribution in [3.05, 3.63) is 54.1 Å². The van der Waals surface area contributed by atoms with Crippen LogP contribution in [0.2, 0.25) is 0 Å². The number of carbonyl (C=O) groups is 1. The molecule has 2 aromatic rings. The molecule has 5 heteroatoms. The average Bonchev–Trinajstić information content (AvgIpc) is 2.59. The molecule has 0 spiro atoms. The maximum atomic E-state index is 12.1. The summed E-state index contributed by atoms with van der Waals surface area (Å²) in [7, 11) is 1.58. The van der Waals surface area contributed by atoms with Gasteiger partial charge in [-0.3, -0.25) is 0 Å². The standard InChI is InChI=1S/C17H16O5/c1-19-13-7-3-2-6-12(13)10-21-17(18)16-11-20-14-8-4-5-9-15(14)22-16/h2-9,16H,10-11H2,1H3/t16-/m0/s1. The number of esters is 1. The Morgan fingerprint density at radius 1 is 1.14 bits per heavy atom. The third kappa shape index (κ3) is 2.98. The molecule has 0 saturated heterocycles. The van der Waals surface area contributed by atoms with Crippen molar-refractivity contribution in [2.45, 2.75) is 12.7 Å². The van der Waals surface area contributed by atoms with Gasteiger partial charge < -0.3 is 18.9 Å². The summed E-state index contributed by atoms with van der Waals surface area (Å²) in [6.45, 7) is 0.270. The summed E-state index contributed by atoms with van der Waals surface area (Å²) in [4.78, 5) is 12.1. The van der Waals surface area contributed by atoms with Crippen LogP contribution < -0.4 is 14.2 Å². The molecule has 1 heterocycles. The van der Waals surface area contributed by atoms with Crippen molar-refractivity contribution in [1.29, 1.82) is 0 Å². The van der Waals surface area contributed by atoms with E-state index in [-0.39, 0.29) is 13.2 Å². The molecule has 22 heavy (non-hydrogen) atoms. The second-order valence-corrected chi connectivity index (χ2v) is 4.78. The lowest BCUT2D eigenvalue weighted by Crippen LogP contribution is -2.37. The lowest BCUT2D eigenvalue weighted by Gasteiger charge is -2.25. The second-order valence-electron chi connectivity index (χ2n) is 4.78.